The van der Waals surface area contributed by atoms with E-state index in [1.807, 2.05) is 0 Å². The van der Waals surface area contributed by atoms with E-state index in [-0.39, 0.29) is 12.0 Å². The van der Waals surface area contributed by atoms with Crippen LogP contribution in [0.3, 0.4) is 0 Å². The summed E-state index contributed by atoms with van der Waals surface area (Å²) in [7, 11) is 1.48. The smallest absolute Gasteiger partial charge is 0.321 e. The molecule has 0 aliphatic heterocycles. The van der Waals surface area contributed by atoms with Crippen LogP contribution in [0.5, 0.6) is 6.01 Å². The summed E-state index contributed by atoms with van der Waals surface area (Å²) in [4.78, 5) is 15.3. The van der Waals surface area contributed by atoms with Crippen LogP contribution < -0.4 is 4.74 Å². The number of hydrogen-bond donors (Lipinski definition) is 0. The summed E-state index contributed by atoms with van der Waals surface area (Å²) in [5, 5.41) is 0. The molecule has 0 unspecified atom stereocenters. The Morgan fingerprint density at radius 2 is 2.17 bits per heavy atom. The highest BCUT2D eigenvalue weighted by molar-refractivity contribution is 5.51. The van der Waals surface area contributed by atoms with Crippen molar-refractivity contribution in [3.8, 4) is 6.01 Å². The Labute approximate surface area is 69.9 Å². The lowest BCUT2D eigenvalue weighted by molar-refractivity contribution is 0.377. The van der Waals surface area contributed by atoms with Gasteiger partial charge in [0.25, 0.3) is 5.95 Å². The molecule has 0 fully saturated rings. The quantitative estimate of drug-likeness (QED) is 0.603. The molecule has 0 aliphatic rings. The fourth-order valence-corrected chi connectivity index (χ4v) is 0.656. The molecule has 0 saturated carbocycles. The third kappa shape index (κ3) is 1.87. The van der Waals surface area contributed by atoms with Gasteiger partial charge < -0.3 is 4.74 Å². The fourth-order valence-electron chi connectivity index (χ4n) is 0.656. The standard InChI is InChI=1S/C7H8N4O/c1-4-8-6-9-5(2)10-7(11-6)12-3/h1H2,2-3H3. The molecule has 0 aliphatic carbocycles. The van der Waals surface area contributed by atoms with Crippen molar-refractivity contribution < 1.29 is 4.74 Å². The molecule has 1 heterocycles. The number of aromatic nitrogens is 3. The predicted molar refractivity (Wildman–Crippen MR) is 43.8 cm³/mol. The van der Waals surface area contributed by atoms with Gasteiger partial charge in [0.05, 0.1) is 7.11 Å². The van der Waals surface area contributed by atoms with Gasteiger partial charge in [0.2, 0.25) is 0 Å². The van der Waals surface area contributed by atoms with Gasteiger partial charge >= 0.3 is 6.01 Å². The summed E-state index contributed by atoms with van der Waals surface area (Å²) in [6.45, 7) is 5.04. The highest BCUT2D eigenvalue weighted by Gasteiger charge is 2.00. The summed E-state index contributed by atoms with van der Waals surface area (Å²) in [6.07, 6.45) is 0. The third-order valence-corrected chi connectivity index (χ3v) is 1.08. The summed E-state index contributed by atoms with van der Waals surface area (Å²) < 4.78 is 4.81. The molecule has 5 nitrogen and oxygen atoms in total. The first-order valence-electron chi connectivity index (χ1n) is 3.25. The van der Waals surface area contributed by atoms with E-state index < -0.39 is 0 Å². The number of aryl methyl sites for hydroxylation is 1. The third-order valence-electron chi connectivity index (χ3n) is 1.08. The zero-order chi connectivity index (χ0) is 8.97. The normalized spacial score (nSPS) is 8.83. The fraction of sp³-hybridized carbons (Fsp3) is 0.286. The van der Waals surface area contributed by atoms with Gasteiger partial charge in [0.15, 0.2) is 0 Å². The topological polar surface area (TPSA) is 60.3 Å². The van der Waals surface area contributed by atoms with Crippen LogP contribution in [0.25, 0.3) is 0 Å². The number of methoxy groups -OCH3 is 1. The van der Waals surface area contributed by atoms with Gasteiger partial charge in [0, 0.05) is 0 Å². The van der Waals surface area contributed by atoms with Crippen LogP contribution in [-0.4, -0.2) is 27.9 Å². The van der Waals surface area contributed by atoms with E-state index in [1.165, 1.54) is 7.11 Å². The van der Waals surface area contributed by atoms with Gasteiger partial charge in [-0.3, -0.25) is 0 Å². The van der Waals surface area contributed by atoms with Gasteiger partial charge in [-0.05, 0) is 19.4 Å². The van der Waals surface area contributed by atoms with Crippen LogP contribution in [0.1, 0.15) is 5.82 Å². The van der Waals surface area contributed by atoms with Crippen LogP contribution in [0.2, 0.25) is 0 Å². The van der Waals surface area contributed by atoms with E-state index in [9.17, 15) is 0 Å². The molecule has 1 rings (SSSR count). The van der Waals surface area contributed by atoms with E-state index in [2.05, 4.69) is 32.4 Å². The predicted octanol–water partition coefficient (Wildman–Crippen LogP) is 0.676. The molecule has 0 bridgehead atoms. The van der Waals surface area contributed by atoms with E-state index >= 15 is 0 Å². The number of nitrogens with zero attached hydrogens (tertiary/aromatic N) is 4. The van der Waals surface area contributed by atoms with Crippen molar-refractivity contribution in [2.75, 3.05) is 7.11 Å². The Morgan fingerprint density at radius 3 is 2.75 bits per heavy atom. The lowest BCUT2D eigenvalue weighted by Gasteiger charge is -1.97. The number of hydrogen-bond acceptors (Lipinski definition) is 5. The Balaban J connectivity index is 3.14. The van der Waals surface area contributed by atoms with E-state index in [4.69, 9.17) is 4.74 Å². The Kier molecular flexibility index (Phi) is 2.50. The lowest BCUT2D eigenvalue weighted by Crippen LogP contribution is -1.96. The highest BCUT2D eigenvalue weighted by atomic mass is 16.5. The van der Waals surface area contributed by atoms with Gasteiger partial charge in [-0.2, -0.15) is 19.9 Å². The molecule has 62 valence electrons. The van der Waals surface area contributed by atoms with Gasteiger partial charge in [0.1, 0.15) is 5.82 Å². The minimum atomic E-state index is 0.247. The molecule has 0 aromatic carbocycles. The monoisotopic (exact) mass is 164 g/mol. The second-order valence-corrected chi connectivity index (χ2v) is 1.94. The first kappa shape index (κ1) is 8.36. The number of aliphatic imine (C=N–C) groups is 1. The van der Waals surface area contributed by atoms with Crippen LogP contribution in [-0.2, 0) is 0 Å². The van der Waals surface area contributed by atoms with Crippen LogP contribution in [0.4, 0.5) is 5.95 Å². The second kappa shape index (κ2) is 3.59. The first-order valence-corrected chi connectivity index (χ1v) is 3.25. The van der Waals surface area contributed by atoms with Crippen molar-refractivity contribution in [1.82, 2.24) is 15.0 Å². The van der Waals surface area contributed by atoms with Crippen molar-refractivity contribution in [1.29, 1.82) is 0 Å². The molecule has 5 heteroatoms. The van der Waals surface area contributed by atoms with Crippen LogP contribution in [0.15, 0.2) is 11.6 Å². The molecule has 0 N–H and O–H groups in total. The summed E-state index contributed by atoms with van der Waals surface area (Å²) in [5.74, 6) is 3.14. The zero-order valence-corrected chi connectivity index (χ0v) is 6.90. The maximum absolute atomic E-state index is 4.81. The highest BCUT2D eigenvalue weighted by Crippen LogP contribution is 2.07. The second-order valence-electron chi connectivity index (χ2n) is 1.94. The van der Waals surface area contributed by atoms with Gasteiger partial charge in [-0.15, -0.1) is 0 Å². The van der Waals surface area contributed by atoms with Crippen molar-refractivity contribution in [3.05, 3.63) is 12.4 Å². The molecule has 1 aromatic heterocycles. The number of rotatable bonds is 2. The largest absolute Gasteiger partial charge is 0.467 e. The number of ether oxygens (including phenoxy) is 1. The van der Waals surface area contributed by atoms with E-state index in [0.717, 1.165) is 0 Å². The van der Waals surface area contributed by atoms with Gasteiger partial charge in [-0.1, -0.05) is 0 Å². The van der Waals surface area contributed by atoms with E-state index in [1.54, 1.807) is 6.92 Å². The van der Waals surface area contributed by atoms with Crippen molar-refractivity contribution >= 4 is 11.8 Å². The maximum atomic E-state index is 4.81. The Morgan fingerprint density at radius 1 is 1.42 bits per heavy atom. The summed E-state index contributed by atoms with van der Waals surface area (Å²) >= 11 is 0. The molecule has 0 saturated heterocycles. The van der Waals surface area contributed by atoms with E-state index in [0.29, 0.717) is 5.82 Å². The lowest BCUT2D eigenvalue weighted by atomic mass is 10.7. The van der Waals surface area contributed by atoms with Gasteiger partial charge in [-0.25, -0.2) is 0 Å². The molecule has 0 atom stereocenters. The summed E-state index contributed by atoms with van der Waals surface area (Å²) in [6, 6.07) is 0.247. The Bertz CT molecular complexity index is 330. The summed E-state index contributed by atoms with van der Waals surface area (Å²) in [5.41, 5.74) is 0. The molecular weight excluding hydrogens is 156 g/mol. The molecular formula is C7H8N4O. The average Bonchev–Trinajstić information content (AvgIpc) is 2.04. The molecule has 1 aromatic rings. The zero-order valence-electron chi connectivity index (χ0n) is 6.90. The molecule has 0 radical (unpaired) electrons. The SMILES string of the molecule is C=C=Nc1nc(C)nc(OC)n1. The molecule has 0 amide bonds. The molecule has 0 spiro atoms. The Hall–Kier alpha value is -1.74. The minimum absolute atomic E-state index is 0.247. The van der Waals surface area contributed by atoms with Crippen molar-refractivity contribution in [2.45, 2.75) is 6.92 Å². The average molecular weight is 164 g/mol. The maximum Gasteiger partial charge on any atom is 0.321 e. The first-order chi connectivity index (χ1) is 5.76. The van der Waals surface area contributed by atoms with Crippen LogP contribution >= 0.6 is 0 Å². The van der Waals surface area contributed by atoms with Crippen molar-refractivity contribution in [2.24, 2.45) is 4.99 Å². The van der Waals surface area contributed by atoms with Crippen LogP contribution in [0, 0.1) is 6.92 Å². The molecule has 12 heavy (non-hydrogen) atoms. The minimum Gasteiger partial charge on any atom is -0.467 e. The van der Waals surface area contributed by atoms with Crippen molar-refractivity contribution in [3.63, 3.8) is 0 Å².